The molecule has 25 heavy (non-hydrogen) atoms. The molecule has 0 bridgehead atoms. The zero-order valence-corrected chi connectivity index (χ0v) is 18.7. The van der Waals surface area contributed by atoms with Crippen LogP contribution in [0.5, 0.6) is 5.75 Å². The van der Waals surface area contributed by atoms with Crippen molar-refractivity contribution >= 4 is 37.5 Å². The predicted octanol–water partition coefficient (Wildman–Crippen LogP) is 4.86. The molecular formula is C20H24INO2Si. The van der Waals surface area contributed by atoms with E-state index >= 15 is 0 Å². The van der Waals surface area contributed by atoms with Gasteiger partial charge in [0.05, 0.1) is 5.56 Å². The van der Waals surface area contributed by atoms with Crippen LogP contribution in [-0.4, -0.2) is 14.9 Å². The maximum absolute atomic E-state index is 12.2. The van der Waals surface area contributed by atoms with Gasteiger partial charge in [0.15, 0.2) is 0 Å². The Labute approximate surface area is 165 Å². The molecule has 0 aliphatic carbocycles. The normalized spacial score (nSPS) is 13.8. The number of benzene rings is 2. The van der Waals surface area contributed by atoms with E-state index in [9.17, 15) is 4.79 Å². The van der Waals surface area contributed by atoms with Crippen LogP contribution >= 0.6 is 22.6 Å². The standard InChI is InChI=1S/C20H24INO2Si/c1-20(2,3)12-6-7-14(17(10-12)24-25(4)5)13-8-9-16(21)18-15(13)11-22-19(18)23/h6-10,25H,11H2,1-5H3,(H,22,23). The predicted molar refractivity (Wildman–Crippen MR) is 114 cm³/mol. The van der Waals surface area contributed by atoms with Crippen LogP contribution in [0.3, 0.4) is 0 Å². The quantitative estimate of drug-likeness (QED) is 0.520. The highest BCUT2D eigenvalue weighted by Gasteiger charge is 2.26. The third-order valence-electron chi connectivity index (χ3n) is 4.42. The second-order valence-corrected chi connectivity index (χ2v) is 11.3. The van der Waals surface area contributed by atoms with E-state index in [1.807, 2.05) is 6.07 Å². The van der Waals surface area contributed by atoms with Crippen LogP contribution in [0.1, 0.15) is 42.3 Å². The first-order chi connectivity index (χ1) is 11.7. The van der Waals surface area contributed by atoms with Crippen molar-refractivity contribution in [3.8, 4) is 16.9 Å². The van der Waals surface area contributed by atoms with Gasteiger partial charge in [-0.3, -0.25) is 4.79 Å². The molecule has 1 aliphatic rings. The van der Waals surface area contributed by atoms with E-state index in [2.05, 4.69) is 86.0 Å². The molecule has 1 heterocycles. The van der Waals surface area contributed by atoms with Crippen LogP contribution in [-0.2, 0) is 12.0 Å². The summed E-state index contributed by atoms with van der Waals surface area (Å²) in [5.41, 5.74) is 5.40. The number of rotatable bonds is 3. The van der Waals surface area contributed by atoms with Gasteiger partial charge in [0.25, 0.3) is 5.91 Å². The van der Waals surface area contributed by atoms with Crippen molar-refractivity contribution in [2.45, 2.75) is 45.8 Å². The lowest BCUT2D eigenvalue weighted by Crippen LogP contribution is -2.15. The summed E-state index contributed by atoms with van der Waals surface area (Å²) in [5.74, 6) is 0.963. The highest BCUT2D eigenvalue weighted by Crippen LogP contribution is 2.39. The lowest BCUT2D eigenvalue weighted by Gasteiger charge is -2.23. The fourth-order valence-electron chi connectivity index (χ4n) is 3.12. The van der Waals surface area contributed by atoms with Crippen molar-refractivity contribution in [2.24, 2.45) is 0 Å². The molecule has 0 saturated carbocycles. The van der Waals surface area contributed by atoms with Crippen molar-refractivity contribution in [3.05, 3.63) is 50.6 Å². The molecule has 0 aromatic heterocycles. The first kappa shape index (κ1) is 18.4. The second kappa shape index (κ2) is 6.76. The van der Waals surface area contributed by atoms with Crippen LogP contribution in [0.25, 0.3) is 11.1 Å². The van der Waals surface area contributed by atoms with E-state index in [4.69, 9.17) is 4.43 Å². The molecule has 0 unspecified atom stereocenters. The summed E-state index contributed by atoms with van der Waals surface area (Å²) in [6, 6.07) is 10.6. The Morgan fingerprint density at radius 2 is 1.80 bits per heavy atom. The van der Waals surface area contributed by atoms with Gasteiger partial charge >= 0.3 is 0 Å². The lowest BCUT2D eigenvalue weighted by atomic mass is 9.85. The van der Waals surface area contributed by atoms with Gasteiger partial charge in [-0.05, 0) is 69.9 Å². The molecule has 1 N–H and O–H groups in total. The molecule has 2 aromatic rings. The maximum atomic E-state index is 12.2. The van der Waals surface area contributed by atoms with Crippen LogP contribution in [0, 0.1) is 3.57 Å². The number of hydrogen-bond acceptors (Lipinski definition) is 2. The Bertz CT molecular complexity index is 840. The molecule has 3 rings (SSSR count). The molecule has 5 heteroatoms. The largest absolute Gasteiger partial charge is 0.547 e. The molecule has 0 saturated heterocycles. The van der Waals surface area contributed by atoms with Gasteiger partial charge in [0.2, 0.25) is 9.04 Å². The number of carbonyl (C=O) groups excluding carboxylic acids is 1. The summed E-state index contributed by atoms with van der Waals surface area (Å²) < 4.78 is 7.28. The lowest BCUT2D eigenvalue weighted by molar-refractivity contribution is 0.0965. The fourth-order valence-corrected chi connectivity index (χ4v) is 4.57. The van der Waals surface area contributed by atoms with Gasteiger partial charge < -0.3 is 9.74 Å². The molecule has 132 valence electrons. The average Bonchev–Trinajstić information content (AvgIpc) is 2.90. The third-order valence-corrected chi connectivity index (χ3v) is 6.04. The van der Waals surface area contributed by atoms with Crippen LogP contribution < -0.4 is 9.74 Å². The average molecular weight is 465 g/mol. The monoisotopic (exact) mass is 465 g/mol. The molecule has 1 amide bonds. The van der Waals surface area contributed by atoms with Gasteiger partial charge in [-0.2, -0.15) is 0 Å². The highest BCUT2D eigenvalue weighted by atomic mass is 127. The number of carbonyl (C=O) groups is 1. The van der Waals surface area contributed by atoms with E-state index in [1.54, 1.807) is 0 Å². The molecule has 1 aliphatic heterocycles. The smallest absolute Gasteiger partial charge is 0.252 e. The SMILES string of the molecule is C[SiH](C)Oc1cc(C(C)(C)C)ccc1-c1ccc(I)c2c1CNC2=O. The van der Waals surface area contributed by atoms with Crippen molar-refractivity contribution in [1.29, 1.82) is 0 Å². The van der Waals surface area contributed by atoms with E-state index in [0.717, 1.165) is 31.6 Å². The van der Waals surface area contributed by atoms with Crippen molar-refractivity contribution in [1.82, 2.24) is 5.32 Å². The first-order valence-corrected chi connectivity index (χ1v) is 12.5. The van der Waals surface area contributed by atoms with Crippen LogP contribution in [0.15, 0.2) is 30.3 Å². The summed E-state index contributed by atoms with van der Waals surface area (Å²) in [4.78, 5) is 12.2. The second-order valence-electron chi connectivity index (χ2n) is 7.76. The molecule has 2 aromatic carbocycles. The van der Waals surface area contributed by atoms with E-state index in [0.29, 0.717) is 6.54 Å². The van der Waals surface area contributed by atoms with Crippen molar-refractivity contribution in [3.63, 3.8) is 0 Å². The maximum Gasteiger partial charge on any atom is 0.252 e. The van der Waals surface area contributed by atoms with E-state index in [-0.39, 0.29) is 11.3 Å². The molecule has 0 fully saturated rings. The van der Waals surface area contributed by atoms with Crippen LogP contribution in [0.2, 0.25) is 13.1 Å². The number of amides is 1. The fraction of sp³-hybridized carbons (Fsp3) is 0.350. The Hall–Kier alpha value is -1.34. The summed E-state index contributed by atoms with van der Waals surface area (Å²) >= 11 is 2.24. The summed E-state index contributed by atoms with van der Waals surface area (Å²) in [5, 5.41) is 2.96. The van der Waals surface area contributed by atoms with Crippen LogP contribution in [0.4, 0.5) is 0 Å². The molecule has 0 atom stereocenters. The summed E-state index contributed by atoms with van der Waals surface area (Å²) in [7, 11) is -1.25. The number of fused-ring (bicyclic) bond motifs is 1. The molecule has 3 nitrogen and oxygen atoms in total. The molecular weight excluding hydrogens is 441 g/mol. The minimum absolute atomic E-state index is 0.0215. The Morgan fingerprint density at radius 3 is 2.44 bits per heavy atom. The van der Waals surface area contributed by atoms with Crippen molar-refractivity contribution < 1.29 is 9.22 Å². The highest BCUT2D eigenvalue weighted by molar-refractivity contribution is 14.1. The van der Waals surface area contributed by atoms with E-state index in [1.165, 1.54) is 5.56 Å². The number of halogens is 1. The summed E-state index contributed by atoms with van der Waals surface area (Å²) in [6.45, 7) is 11.6. The van der Waals surface area contributed by atoms with E-state index < -0.39 is 9.04 Å². The molecule has 0 spiro atoms. The van der Waals surface area contributed by atoms with Gasteiger partial charge in [0, 0.05) is 15.7 Å². The van der Waals surface area contributed by atoms with Gasteiger partial charge in [0.1, 0.15) is 5.75 Å². The van der Waals surface area contributed by atoms with Gasteiger partial charge in [-0.25, -0.2) is 0 Å². The zero-order valence-electron chi connectivity index (χ0n) is 15.4. The minimum Gasteiger partial charge on any atom is -0.547 e. The minimum atomic E-state index is -1.25. The number of hydrogen-bond donors (Lipinski definition) is 1. The third kappa shape index (κ3) is 3.62. The Morgan fingerprint density at radius 1 is 1.12 bits per heavy atom. The van der Waals surface area contributed by atoms with Gasteiger partial charge in [-0.1, -0.05) is 39.0 Å². The van der Waals surface area contributed by atoms with Gasteiger partial charge in [-0.15, -0.1) is 0 Å². The zero-order chi connectivity index (χ0) is 18.4. The Kier molecular flexibility index (Phi) is 4.99. The molecule has 0 radical (unpaired) electrons. The number of nitrogens with one attached hydrogen (secondary N) is 1. The van der Waals surface area contributed by atoms with Crippen molar-refractivity contribution in [2.75, 3.05) is 0 Å². The first-order valence-electron chi connectivity index (χ1n) is 8.59. The Balaban J connectivity index is 2.19. The topological polar surface area (TPSA) is 38.3 Å². The summed E-state index contributed by atoms with van der Waals surface area (Å²) in [6.07, 6.45) is 0.